The van der Waals surface area contributed by atoms with Gasteiger partial charge in [0.05, 0.1) is 13.7 Å². The van der Waals surface area contributed by atoms with Gasteiger partial charge in [-0.05, 0) is 25.5 Å². The molecule has 0 amide bonds. The summed E-state index contributed by atoms with van der Waals surface area (Å²) in [4.78, 5) is 0. The highest BCUT2D eigenvalue weighted by Gasteiger charge is 2.04. The molecule has 0 aliphatic carbocycles. The van der Waals surface area contributed by atoms with Crippen molar-refractivity contribution >= 4 is 5.69 Å². The predicted molar refractivity (Wildman–Crippen MR) is 86.0 cm³/mol. The highest BCUT2D eigenvalue weighted by molar-refractivity contribution is 5.54. The Morgan fingerprint density at radius 2 is 1.70 bits per heavy atom. The summed E-state index contributed by atoms with van der Waals surface area (Å²) in [6.07, 6.45) is 7.92. The van der Waals surface area contributed by atoms with Gasteiger partial charge in [-0.3, -0.25) is 0 Å². The number of unbranched alkanes of at least 4 members (excludes halogenated alkanes) is 5. The van der Waals surface area contributed by atoms with Crippen LogP contribution in [0.3, 0.4) is 0 Å². The van der Waals surface area contributed by atoms with Crippen LogP contribution in [-0.2, 0) is 0 Å². The second kappa shape index (κ2) is 10.4. The number of methoxy groups -OCH3 is 1. The zero-order valence-electron chi connectivity index (χ0n) is 13.2. The number of anilines is 1. The molecule has 1 N–H and O–H groups in total. The molecule has 114 valence electrons. The fourth-order valence-electron chi connectivity index (χ4n) is 2.19. The number of hydrogen-bond donors (Lipinski definition) is 1. The van der Waals surface area contributed by atoms with Crippen LogP contribution in [0.5, 0.6) is 11.5 Å². The van der Waals surface area contributed by atoms with Crippen molar-refractivity contribution in [1.82, 2.24) is 0 Å². The zero-order chi connectivity index (χ0) is 14.6. The third-order valence-electron chi connectivity index (χ3n) is 3.32. The van der Waals surface area contributed by atoms with Crippen LogP contribution in [0.4, 0.5) is 5.69 Å². The first kappa shape index (κ1) is 16.7. The third-order valence-corrected chi connectivity index (χ3v) is 3.32. The standard InChI is InChI=1S/C17H29NO2/c1-4-6-7-8-9-10-13-18-15-11-12-16(19-3)17(14-15)20-5-2/h11-12,14,18H,4-10,13H2,1-3H3. The molecule has 0 unspecified atom stereocenters. The van der Waals surface area contributed by atoms with E-state index in [1.165, 1.54) is 38.5 Å². The lowest BCUT2D eigenvalue weighted by Gasteiger charge is -2.12. The molecule has 0 aromatic heterocycles. The SMILES string of the molecule is CCCCCCCCNc1ccc(OC)c(OCC)c1. The van der Waals surface area contributed by atoms with Crippen molar-refractivity contribution in [3.8, 4) is 11.5 Å². The Morgan fingerprint density at radius 3 is 2.40 bits per heavy atom. The lowest BCUT2D eigenvalue weighted by molar-refractivity contribution is 0.311. The number of hydrogen-bond acceptors (Lipinski definition) is 3. The summed E-state index contributed by atoms with van der Waals surface area (Å²) in [5.41, 5.74) is 1.10. The molecule has 0 fully saturated rings. The van der Waals surface area contributed by atoms with Crippen LogP contribution < -0.4 is 14.8 Å². The minimum Gasteiger partial charge on any atom is -0.493 e. The molecule has 0 saturated carbocycles. The fourth-order valence-corrected chi connectivity index (χ4v) is 2.19. The Bertz CT molecular complexity index is 366. The van der Waals surface area contributed by atoms with Crippen LogP contribution in [0.25, 0.3) is 0 Å². The lowest BCUT2D eigenvalue weighted by atomic mass is 10.1. The second-order valence-corrected chi connectivity index (χ2v) is 4.99. The molecular formula is C17H29NO2. The fraction of sp³-hybridized carbons (Fsp3) is 0.647. The summed E-state index contributed by atoms with van der Waals surface area (Å²) < 4.78 is 10.9. The molecule has 0 aliphatic rings. The van der Waals surface area contributed by atoms with Crippen LogP contribution in [0, 0.1) is 0 Å². The highest BCUT2D eigenvalue weighted by Crippen LogP contribution is 2.30. The maximum atomic E-state index is 5.58. The van der Waals surface area contributed by atoms with Gasteiger partial charge >= 0.3 is 0 Å². The van der Waals surface area contributed by atoms with Crippen molar-refractivity contribution in [2.24, 2.45) is 0 Å². The smallest absolute Gasteiger partial charge is 0.163 e. The Hall–Kier alpha value is -1.38. The van der Waals surface area contributed by atoms with Crippen molar-refractivity contribution in [3.05, 3.63) is 18.2 Å². The van der Waals surface area contributed by atoms with E-state index in [0.29, 0.717) is 6.61 Å². The van der Waals surface area contributed by atoms with Crippen molar-refractivity contribution in [2.45, 2.75) is 52.4 Å². The molecule has 0 radical (unpaired) electrons. The summed E-state index contributed by atoms with van der Waals surface area (Å²) in [5.74, 6) is 1.60. The second-order valence-electron chi connectivity index (χ2n) is 4.99. The topological polar surface area (TPSA) is 30.5 Å². The van der Waals surface area contributed by atoms with Gasteiger partial charge in [0.25, 0.3) is 0 Å². The summed E-state index contributed by atoms with van der Waals surface area (Å²) in [6.45, 7) is 5.90. The van der Waals surface area contributed by atoms with E-state index in [2.05, 4.69) is 12.2 Å². The summed E-state index contributed by atoms with van der Waals surface area (Å²) in [6, 6.07) is 6.01. The summed E-state index contributed by atoms with van der Waals surface area (Å²) in [5, 5.41) is 3.45. The van der Waals surface area contributed by atoms with E-state index in [4.69, 9.17) is 9.47 Å². The monoisotopic (exact) mass is 279 g/mol. The molecule has 0 spiro atoms. The van der Waals surface area contributed by atoms with Gasteiger partial charge in [-0.1, -0.05) is 39.0 Å². The van der Waals surface area contributed by atoms with Gasteiger partial charge in [0.2, 0.25) is 0 Å². The van der Waals surface area contributed by atoms with E-state index in [-0.39, 0.29) is 0 Å². The molecule has 20 heavy (non-hydrogen) atoms. The lowest BCUT2D eigenvalue weighted by Crippen LogP contribution is -2.02. The molecule has 0 atom stereocenters. The molecule has 1 rings (SSSR count). The van der Waals surface area contributed by atoms with E-state index in [1.54, 1.807) is 7.11 Å². The number of ether oxygens (including phenoxy) is 2. The van der Waals surface area contributed by atoms with Gasteiger partial charge in [-0.25, -0.2) is 0 Å². The van der Waals surface area contributed by atoms with E-state index in [9.17, 15) is 0 Å². The van der Waals surface area contributed by atoms with Crippen molar-refractivity contribution in [2.75, 3.05) is 25.6 Å². The van der Waals surface area contributed by atoms with Crippen molar-refractivity contribution < 1.29 is 9.47 Å². The molecule has 0 heterocycles. The Labute approximate surface area is 123 Å². The average molecular weight is 279 g/mol. The van der Waals surface area contributed by atoms with Crippen LogP contribution in [0.2, 0.25) is 0 Å². The van der Waals surface area contributed by atoms with Gasteiger partial charge in [0.1, 0.15) is 0 Å². The van der Waals surface area contributed by atoms with E-state index in [1.807, 2.05) is 25.1 Å². The first-order valence-corrected chi connectivity index (χ1v) is 7.86. The van der Waals surface area contributed by atoms with E-state index < -0.39 is 0 Å². The largest absolute Gasteiger partial charge is 0.493 e. The normalized spacial score (nSPS) is 10.3. The number of nitrogens with one attached hydrogen (secondary N) is 1. The first-order chi connectivity index (χ1) is 9.81. The van der Waals surface area contributed by atoms with Gasteiger partial charge in [0, 0.05) is 18.3 Å². The average Bonchev–Trinajstić information content (AvgIpc) is 2.47. The maximum absolute atomic E-state index is 5.58. The van der Waals surface area contributed by atoms with Crippen LogP contribution >= 0.6 is 0 Å². The number of rotatable bonds is 11. The Balaban J connectivity index is 2.31. The van der Waals surface area contributed by atoms with Gasteiger partial charge in [0.15, 0.2) is 11.5 Å². The number of benzene rings is 1. The third kappa shape index (κ3) is 6.18. The molecular weight excluding hydrogens is 250 g/mol. The van der Waals surface area contributed by atoms with Gasteiger partial charge in [-0.15, -0.1) is 0 Å². The van der Waals surface area contributed by atoms with Gasteiger partial charge < -0.3 is 14.8 Å². The predicted octanol–water partition coefficient (Wildman–Crippen LogP) is 4.87. The quantitative estimate of drug-likeness (QED) is 0.586. The molecule has 0 bridgehead atoms. The zero-order valence-corrected chi connectivity index (χ0v) is 13.2. The molecule has 0 aliphatic heterocycles. The molecule has 1 aromatic rings. The van der Waals surface area contributed by atoms with Gasteiger partial charge in [-0.2, -0.15) is 0 Å². The van der Waals surface area contributed by atoms with Crippen molar-refractivity contribution in [3.63, 3.8) is 0 Å². The molecule has 3 nitrogen and oxygen atoms in total. The van der Waals surface area contributed by atoms with Crippen LogP contribution in [0.15, 0.2) is 18.2 Å². The van der Waals surface area contributed by atoms with Crippen LogP contribution in [-0.4, -0.2) is 20.3 Å². The Kier molecular flexibility index (Phi) is 8.68. The van der Waals surface area contributed by atoms with E-state index in [0.717, 1.165) is 23.7 Å². The summed E-state index contributed by atoms with van der Waals surface area (Å²) in [7, 11) is 1.67. The van der Waals surface area contributed by atoms with Crippen LogP contribution in [0.1, 0.15) is 52.4 Å². The highest BCUT2D eigenvalue weighted by atomic mass is 16.5. The van der Waals surface area contributed by atoms with Crippen molar-refractivity contribution in [1.29, 1.82) is 0 Å². The molecule has 3 heteroatoms. The Morgan fingerprint density at radius 1 is 0.950 bits per heavy atom. The first-order valence-electron chi connectivity index (χ1n) is 7.86. The molecule has 0 saturated heterocycles. The summed E-state index contributed by atoms with van der Waals surface area (Å²) >= 11 is 0. The minimum atomic E-state index is 0.650. The minimum absolute atomic E-state index is 0.650. The van der Waals surface area contributed by atoms with E-state index >= 15 is 0 Å². The maximum Gasteiger partial charge on any atom is 0.163 e. The molecule has 1 aromatic carbocycles.